The van der Waals surface area contributed by atoms with Crippen molar-refractivity contribution in [2.75, 3.05) is 26.2 Å². The van der Waals surface area contributed by atoms with Crippen LogP contribution in [0.5, 0.6) is 5.75 Å². The van der Waals surface area contributed by atoms with Gasteiger partial charge in [-0.2, -0.15) is 0 Å². The smallest absolute Gasteiger partial charge is 0.234 e. The maximum absolute atomic E-state index is 12.0. The number of hydrogen-bond donors (Lipinski definition) is 2. The average Bonchev–Trinajstić information content (AvgIpc) is 2.84. The van der Waals surface area contributed by atoms with Gasteiger partial charge >= 0.3 is 0 Å². The van der Waals surface area contributed by atoms with Crippen molar-refractivity contribution in [3.8, 4) is 5.75 Å². The number of β-amino-alcohol motifs (C(OH)–C–C–N with tert-alkyl or cyclic N) is 1. The van der Waals surface area contributed by atoms with Crippen molar-refractivity contribution in [2.24, 2.45) is 0 Å². The molecule has 1 aromatic rings. The van der Waals surface area contributed by atoms with E-state index in [1.807, 2.05) is 36.1 Å². The average molecular weight is 318 g/mol. The number of carbonyl (C=O) groups excluding carboxylic acids is 1. The lowest BCUT2D eigenvalue weighted by Gasteiger charge is -2.28. The minimum absolute atomic E-state index is 0.0680. The van der Waals surface area contributed by atoms with E-state index < -0.39 is 5.60 Å². The molecule has 2 fully saturated rings. The molecule has 1 saturated heterocycles. The van der Waals surface area contributed by atoms with Crippen LogP contribution in [0.2, 0.25) is 0 Å². The largest absolute Gasteiger partial charge is 0.491 e. The lowest BCUT2D eigenvalue weighted by atomic mass is 9.93. The van der Waals surface area contributed by atoms with E-state index in [1.165, 1.54) is 12.0 Å². The zero-order valence-electron chi connectivity index (χ0n) is 13.8. The van der Waals surface area contributed by atoms with Gasteiger partial charge in [0.1, 0.15) is 18.0 Å². The van der Waals surface area contributed by atoms with Crippen LogP contribution in [0.25, 0.3) is 0 Å². The molecule has 0 radical (unpaired) electrons. The molecule has 1 saturated carbocycles. The highest BCUT2D eigenvalue weighted by atomic mass is 16.5. The number of benzene rings is 1. The molecule has 0 aromatic heterocycles. The first-order valence-electron chi connectivity index (χ1n) is 8.46. The van der Waals surface area contributed by atoms with E-state index in [2.05, 4.69) is 5.32 Å². The second kappa shape index (κ2) is 6.89. The monoisotopic (exact) mass is 318 g/mol. The summed E-state index contributed by atoms with van der Waals surface area (Å²) >= 11 is 0. The lowest BCUT2D eigenvalue weighted by Crippen LogP contribution is -2.46. The van der Waals surface area contributed by atoms with Crippen molar-refractivity contribution in [1.29, 1.82) is 0 Å². The molecule has 2 N–H and O–H groups in total. The summed E-state index contributed by atoms with van der Waals surface area (Å²) in [6.45, 7) is 3.86. The van der Waals surface area contributed by atoms with Gasteiger partial charge < -0.3 is 15.2 Å². The molecular formula is C18H26N2O3. The number of carbonyl (C=O) groups is 1. The van der Waals surface area contributed by atoms with Crippen molar-refractivity contribution >= 4 is 5.91 Å². The third-order valence-electron chi connectivity index (χ3n) is 4.78. The van der Waals surface area contributed by atoms with Gasteiger partial charge in [0.2, 0.25) is 5.91 Å². The molecule has 0 unspecified atom stereocenters. The van der Waals surface area contributed by atoms with Crippen LogP contribution in [-0.4, -0.2) is 53.8 Å². The van der Waals surface area contributed by atoms with Crippen molar-refractivity contribution < 1.29 is 14.6 Å². The number of hydrogen-bond acceptors (Lipinski definition) is 4. The van der Waals surface area contributed by atoms with Crippen LogP contribution >= 0.6 is 0 Å². The lowest BCUT2D eigenvalue weighted by molar-refractivity contribution is -0.123. The molecule has 5 heteroatoms. The van der Waals surface area contributed by atoms with Crippen LogP contribution in [-0.2, 0) is 4.79 Å². The van der Waals surface area contributed by atoms with Crippen molar-refractivity contribution in [3.63, 3.8) is 0 Å². The molecule has 1 amide bonds. The summed E-state index contributed by atoms with van der Waals surface area (Å²) < 4.78 is 5.72. The van der Waals surface area contributed by atoms with Gasteiger partial charge in [-0.15, -0.1) is 0 Å². The van der Waals surface area contributed by atoms with Crippen molar-refractivity contribution in [3.05, 3.63) is 29.8 Å². The summed E-state index contributed by atoms with van der Waals surface area (Å²) in [6.07, 6.45) is 4.04. The van der Waals surface area contributed by atoms with Crippen molar-refractivity contribution in [1.82, 2.24) is 10.2 Å². The Morgan fingerprint density at radius 3 is 2.78 bits per heavy atom. The van der Waals surface area contributed by atoms with Gasteiger partial charge in [-0.25, -0.2) is 0 Å². The Hall–Kier alpha value is -1.59. The molecule has 1 atom stereocenters. The Labute approximate surface area is 137 Å². The van der Waals surface area contributed by atoms with Crippen LogP contribution in [0.1, 0.15) is 31.2 Å². The number of ether oxygens (including phenoxy) is 1. The first-order chi connectivity index (χ1) is 11.0. The highest BCUT2D eigenvalue weighted by Crippen LogP contribution is 2.23. The van der Waals surface area contributed by atoms with Gasteiger partial charge in [0.05, 0.1) is 6.54 Å². The number of rotatable bonds is 6. The summed E-state index contributed by atoms with van der Waals surface area (Å²) in [6, 6.07) is 8.18. The third kappa shape index (κ3) is 4.45. The Bertz CT molecular complexity index is 542. The maximum Gasteiger partial charge on any atom is 0.234 e. The van der Waals surface area contributed by atoms with Gasteiger partial charge in [0.25, 0.3) is 0 Å². The van der Waals surface area contributed by atoms with E-state index in [1.54, 1.807) is 0 Å². The summed E-state index contributed by atoms with van der Waals surface area (Å²) in [5.41, 5.74) is 0.308. The second-order valence-corrected chi connectivity index (χ2v) is 6.98. The maximum atomic E-state index is 12.0. The third-order valence-corrected chi connectivity index (χ3v) is 4.78. The van der Waals surface area contributed by atoms with Crippen LogP contribution < -0.4 is 10.1 Å². The predicted molar refractivity (Wildman–Crippen MR) is 88.5 cm³/mol. The molecule has 5 nitrogen and oxygen atoms in total. The number of likely N-dealkylation sites (tertiary alicyclic amines) is 1. The summed E-state index contributed by atoms with van der Waals surface area (Å²) in [5, 5.41) is 13.7. The predicted octanol–water partition coefficient (Wildman–Crippen LogP) is 1.48. The molecule has 23 heavy (non-hydrogen) atoms. The minimum atomic E-state index is -0.873. The molecule has 1 aromatic carbocycles. The second-order valence-electron chi connectivity index (χ2n) is 6.98. The van der Waals surface area contributed by atoms with E-state index in [-0.39, 0.29) is 12.5 Å². The first-order valence-corrected chi connectivity index (χ1v) is 8.46. The highest BCUT2D eigenvalue weighted by molar-refractivity contribution is 5.78. The molecule has 1 aliphatic carbocycles. The van der Waals surface area contributed by atoms with E-state index in [9.17, 15) is 9.90 Å². The normalized spacial score (nSPS) is 25.1. The number of nitrogens with one attached hydrogen (secondary N) is 1. The Balaban J connectivity index is 1.43. The molecule has 126 valence electrons. The molecule has 1 aliphatic heterocycles. The van der Waals surface area contributed by atoms with Gasteiger partial charge in [-0.05, 0) is 44.7 Å². The quantitative estimate of drug-likeness (QED) is 0.834. The number of aliphatic hydroxyl groups is 1. The van der Waals surface area contributed by atoms with Gasteiger partial charge in [0, 0.05) is 19.1 Å². The summed E-state index contributed by atoms with van der Waals surface area (Å²) in [7, 11) is 0. The van der Waals surface area contributed by atoms with Gasteiger partial charge in [-0.1, -0.05) is 17.7 Å². The Kier molecular flexibility index (Phi) is 4.87. The van der Waals surface area contributed by atoms with Gasteiger partial charge in [-0.3, -0.25) is 9.69 Å². The number of aryl methyl sites for hydroxylation is 1. The van der Waals surface area contributed by atoms with E-state index >= 15 is 0 Å². The van der Waals surface area contributed by atoms with Crippen LogP contribution in [0, 0.1) is 6.92 Å². The zero-order chi connectivity index (χ0) is 16.3. The van der Waals surface area contributed by atoms with E-state index in [4.69, 9.17) is 4.74 Å². The fourth-order valence-electron chi connectivity index (χ4n) is 3.07. The molecule has 0 spiro atoms. The highest BCUT2D eigenvalue weighted by Gasteiger charge is 2.37. The SMILES string of the molecule is Cc1ccc(OC[C@]2(O)CCN(CC(=O)NC3CCC3)C2)cc1. The molecular weight excluding hydrogens is 292 g/mol. The van der Waals surface area contributed by atoms with Gasteiger partial charge in [0.15, 0.2) is 0 Å². The minimum Gasteiger partial charge on any atom is -0.491 e. The Morgan fingerprint density at radius 1 is 1.39 bits per heavy atom. The number of nitrogens with zero attached hydrogens (tertiary/aromatic N) is 1. The number of amides is 1. The van der Waals surface area contributed by atoms with Crippen LogP contribution in [0.15, 0.2) is 24.3 Å². The zero-order valence-corrected chi connectivity index (χ0v) is 13.8. The fourth-order valence-corrected chi connectivity index (χ4v) is 3.07. The topological polar surface area (TPSA) is 61.8 Å². The standard InChI is InChI=1S/C18H26N2O3/c1-14-5-7-16(8-6-14)23-13-18(22)9-10-20(12-18)11-17(21)19-15-3-2-4-15/h5-8,15,22H,2-4,9-13H2,1H3,(H,19,21)/t18-/m0/s1. The summed E-state index contributed by atoms with van der Waals surface area (Å²) in [4.78, 5) is 14.0. The molecule has 3 rings (SSSR count). The van der Waals surface area contributed by atoms with Crippen LogP contribution in [0.3, 0.4) is 0 Å². The Morgan fingerprint density at radius 2 is 2.13 bits per heavy atom. The fraction of sp³-hybridized carbons (Fsp3) is 0.611. The molecule has 2 aliphatic rings. The van der Waals surface area contributed by atoms with Crippen molar-refractivity contribution in [2.45, 2.75) is 44.2 Å². The van der Waals surface area contributed by atoms with E-state index in [0.29, 0.717) is 25.6 Å². The molecule has 1 heterocycles. The molecule has 0 bridgehead atoms. The van der Waals surface area contributed by atoms with E-state index in [0.717, 1.165) is 25.1 Å². The first kappa shape index (κ1) is 16.3. The summed E-state index contributed by atoms with van der Waals surface area (Å²) in [5.74, 6) is 0.837. The van der Waals surface area contributed by atoms with Crippen LogP contribution in [0.4, 0.5) is 0 Å².